The third-order valence-electron chi connectivity index (χ3n) is 3.00. The van der Waals surface area contributed by atoms with E-state index in [0.717, 1.165) is 5.56 Å². The molecule has 2 aromatic rings. The standard InChI is InChI=1S/C14H14ClNO3S2/c1-10(11-6-7-20-8-11)14(17)16-21(18,19)9-12-4-2-3-5-13(12)15/h2-8,10H,9H2,1H3,(H,16,17)/t10-/m0/s1. The molecule has 112 valence electrons. The Morgan fingerprint density at radius 3 is 2.67 bits per heavy atom. The summed E-state index contributed by atoms with van der Waals surface area (Å²) in [6.07, 6.45) is 0. The molecule has 1 atom stereocenters. The van der Waals surface area contributed by atoms with Crippen LogP contribution in [-0.4, -0.2) is 14.3 Å². The Labute approximate surface area is 132 Å². The monoisotopic (exact) mass is 343 g/mol. The van der Waals surface area contributed by atoms with Gasteiger partial charge in [-0.1, -0.05) is 29.8 Å². The van der Waals surface area contributed by atoms with E-state index in [1.807, 2.05) is 10.8 Å². The topological polar surface area (TPSA) is 63.2 Å². The maximum atomic E-state index is 12.0. The fraction of sp³-hybridized carbons (Fsp3) is 0.214. The summed E-state index contributed by atoms with van der Waals surface area (Å²) in [4.78, 5) is 12.0. The normalized spacial score (nSPS) is 12.9. The number of sulfonamides is 1. The Hall–Kier alpha value is -1.37. The van der Waals surface area contributed by atoms with Gasteiger partial charge in [0.15, 0.2) is 0 Å². The van der Waals surface area contributed by atoms with E-state index in [1.54, 1.807) is 37.3 Å². The Balaban J connectivity index is 2.07. The third kappa shape index (κ3) is 4.30. The minimum absolute atomic E-state index is 0.325. The summed E-state index contributed by atoms with van der Waals surface area (Å²) in [5, 5.41) is 4.03. The van der Waals surface area contributed by atoms with Crippen molar-refractivity contribution in [1.29, 1.82) is 0 Å². The first kappa shape index (κ1) is 16.0. The van der Waals surface area contributed by atoms with Crippen LogP contribution in [0.2, 0.25) is 5.02 Å². The van der Waals surface area contributed by atoms with Gasteiger partial charge in [0, 0.05) is 5.02 Å². The number of benzene rings is 1. The van der Waals surface area contributed by atoms with Crippen LogP contribution < -0.4 is 4.72 Å². The van der Waals surface area contributed by atoms with Crippen LogP contribution in [0.4, 0.5) is 0 Å². The van der Waals surface area contributed by atoms with E-state index >= 15 is 0 Å². The van der Waals surface area contributed by atoms with Gasteiger partial charge in [0.2, 0.25) is 15.9 Å². The van der Waals surface area contributed by atoms with Gasteiger partial charge in [-0.25, -0.2) is 8.42 Å². The lowest BCUT2D eigenvalue weighted by molar-refractivity contribution is -0.120. The molecule has 0 aliphatic heterocycles. The average Bonchev–Trinajstić information content (AvgIpc) is 2.93. The summed E-state index contributed by atoms with van der Waals surface area (Å²) in [6, 6.07) is 8.45. The SMILES string of the molecule is C[C@H](C(=O)NS(=O)(=O)Cc1ccccc1Cl)c1ccsc1. The molecule has 7 heteroatoms. The molecule has 1 heterocycles. The molecule has 0 spiro atoms. The highest BCUT2D eigenvalue weighted by atomic mass is 35.5. The number of thiophene rings is 1. The van der Waals surface area contributed by atoms with E-state index < -0.39 is 21.8 Å². The van der Waals surface area contributed by atoms with Crippen LogP contribution in [0.5, 0.6) is 0 Å². The van der Waals surface area contributed by atoms with Gasteiger partial charge >= 0.3 is 0 Å². The zero-order chi connectivity index (χ0) is 15.5. The fourth-order valence-corrected chi connectivity index (χ4v) is 4.02. The molecule has 21 heavy (non-hydrogen) atoms. The first-order chi connectivity index (χ1) is 9.89. The molecule has 0 saturated carbocycles. The molecule has 4 nitrogen and oxygen atoms in total. The second-order valence-electron chi connectivity index (χ2n) is 4.60. The Morgan fingerprint density at radius 2 is 2.05 bits per heavy atom. The van der Waals surface area contributed by atoms with Crippen LogP contribution in [0.15, 0.2) is 41.1 Å². The van der Waals surface area contributed by atoms with Crippen LogP contribution in [0.3, 0.4) is 0 Å². The minimum Gasteiger partial charge on any atom is -0.273 e. The van der Waals surface area contributed by atoms with E-state index in [-0.39, 0.29) is 5.75 Å². The molecule has 1 aromatic carbocycles. The summed E-state index contributed by atoms with van der Waals surface area (Å²) in [5.74, 6) is -1.38. The third-order valence-corrected chi connectivity index (χ3v) is 5.27. The number of nitrogens with one attached hydrogen (secondary N) is 1. The van der Waals surface area contributed by atoms with Crippen molar-refractivity contribution in [2.24, 2.45) is 0 Å². The highest BCUT2D eigenvalue weighted by Gasteiger charge is 2.22. The van der Waals surface area contributed by atoms with E-state index in [0.29, 0.717) is 10.6 Å². The summed E-state index contributed by atoms with van der Waals surface area (Å²) < 4.78 is 26.2. The van der Waals surface area contributed by atoms with Crippen molar-refractivity contribution >= 4 is 38.9 Å². The lowest BCUT2D eigenvalue weighted by Gasteiger charge is -2.12. The molecule has 0 aliphatic rings. The van der Waals surface area contributed by atoms with Crippen LogP contribution in [-0.2, 0) is 20.6 Å². The van der Waals surface area contributed by atoms with Gasteiger partial charge in [0.05, 0.1) is 11.7 Å². The quantitative estimate of drug-likeness (QED) is 0.907. The Morgan fingerprint density at radius 1 is 1.33 bits per heavy atom. The smallest absolute Gasteiger partial charge is 0.240 e. The van der Waals surface area contributed by atoms with Gasteiger partial charge in [0.1, 0.15) is 0 Å². The average molecular weight is 344 g/mol. The van der Waals surface area contributed by atoms with E-state index in [9.17, 15) is 13.2 Å². The number of hydrogen-bond donors (Lipinski definition) is 1. The predicted molar refractivity (Wildman–Crippen MR) is 85.0 cm³/mol. The summed E-state index contributed by atoms with van der Waals surface area (Å²) in [7, 11) is -3.77. The molecule has 0 fully saturated rings. The fourth-order valence-electron chi connectivity index (χ4n) is 1.77. The van der Waals surface area contributed by atoms with Crippen LogP contribution in [0.25, 0.3) is 0 Å². The van der Waals surface area contributed by atoms with E-state index in [1.165, 1.54) is 11.3 Å². The van der Waals surface area contributed by atoms with E-state index in [4.69, 9.17) is 11.6 Å². The molecule has 0 unspecified atom stereocenters. The number of carbonyl (C=O) groups excluding carboxylic acids is 1. The number of carbonyl (C=O) groups is 1. The molecule has 2 rings (SSSR count). The van der Waals surface area contributed by atoms with Crippen molar-refractivity contribution in [2.45, 2.75) is 18.6 Å². The number of halogens is 1. The summed E-state index contributed by atoms with van der Waals surface area (Å²) in [5.41, 5.74) is 1.26. The molecule has 1 aromatic heterocycles. The lowest BCUT2D eigenvalue weighted by Crippen LogP contribution is -2.34. The van der Waals surface area contributed by atoms with Gasteiger partial charge in [-0.2, -0.15) is 11.3 Å². The molecule has 1 N–H and O–H groups in total. The first-order valence-corrected chi connectivity index (χ1v) is 9.16. The maximum absolute atomic E-state index is 12.0. The second kappa shape index (κ2) is 6.60. The molecular formula is C14H14ClNO3S2. The first-order valence-electron chi connectivity index (χ1n) is 6.19. The van der Waals surface area contributed by atoms with E-state index in [2.05, 4.69) is 4.72 Å². The molecule has 1 amide bonds. The number of hydrogen-bond acceptors (Lipinski definition) is 4. The van der Waals surface area contributed by atoms with Crippen LogP contribution in [0, 0.1) is 0 Å². The summed E-state index contributed by atoms with van der Waals surface area (Å²) >= 11 is 7.40. The van der Waals surface area contributed by atoms with Crippen molar-refractivity contribution in [3.63, 3.8) is 0 Å². The second-order valence-corrected chi connectivity index (χ2v) is 7.50. The van der Waals surface area contributed by atoms with Crippen LogP contribution >= 0.6 is 22.9 Å². The van der Waals surface area contributed by atoms with Gasteiger partial charge in [-0.3, -0.25) is 9.52 Å². The molecule has 0 bridgehead atoms. The Bertz CT molecular complexity index is 726. The van der Waals surface area contributed by atoms with Crippen LogP contribution in [0.1, 0.15) is 24.0 Å². The van der Waals surface area contributed by atoms with Gasteiger partial charge < -0.3 is 0 Å². The largest absolute Gasteiger partial charge is 0.273 e. The molecular weight excluding hydrogens is 330 g/mol. The molecule has 0 saturated heterocycles. The van der Waals surface area contributed by atoms with Crippen molar-refractivity contribution in [3.05, 3.63) is 57.2 Å². The van der Waals surface area contributed by atoms with Crippen molar-refractivity contribution in [3.8, 4) is 0 Å². The maximum Gasteiger partial charge on any atom is 0.240 e. The summed E-state index contributed by atoms with van der Waals surface area (Å²) in [6.45, 7) is 1.67. The number of rotatable bonds is 5. The van der Waals surface area contributed by atoms with Gasteiger partial charge in [0.25, 0.3) is 0 Å². The number of amides is 1. The van der Waals surface area contributed by atoms with Gasteiger partial charge in [-0.05, 0) is 40.9 Å². The zero-order valence-electron chi connectivity index (χ0n) is 11.2. The Kier molecular flexibility index (Phi) is 5.03. The highest BCUT2D eigenvalue weighted by Crippen LogP contribution is 2.20. The van der Waals surface area contributed by atoms with Crippen molar-refractivity contribution in [1.82, 2.24) is 4.72 Å². The molecule has 0 aliphatic carbocycles. The van der Waals surface area contributed by atoms with Crippen molar-refractivity contribution in [2.75, 3.05) is 0 Å². The highest BCUT2D eigenvalue weighted by molar-refractivity contribution is 7.89. The van der Waals surface area contributed by atoms with Gasteiger partial charge in [-0.15, -0.1) is 0 Å². The zero-order valence-corrected chi connectivity index (χ0v) is 13.6. The predicted octanol–water partition coefficient (Wildman–Crippen LogP) is 3.15. The minimum atomic E-state index is -3.77. The molecule has 0 radical (unpaired) electrons. The lowest BCUT2D eigenvalue weighted by atomic mass is 10.1. The van der Waals surface area contributed by atoms with Crippen molar-refractivity contribution < 1.29 is 13.2 Å².